The van der Waals surface area contributed by atoms with Gasteiger partial charge in [0.2, 0.25) is 0 Å². The topological polar surface area (TPSA) is 61.5 Å². The van der Waals surface area contributed by atoms with Crippen LogP contribution in [0.4, 0.5) is 5.69 Å². The molecule has 0 aliphatic heterocycles. The number of rotatable bonds is 5. The fraction of sp³-hybridized carbons (Fsp3) is 0.235. The van der Waals surface area contributed by atoms with Crippen LogP contribution in [0.15, 0.2) is 36.4 Å². The predicted octanol–water partition coefficient (Wildman–Crippen LogP) is 3.77. The summed E-state index contributed by atoms with van der Waals surface area (Å²) in [5, 5.41) is 0.412. The van der Waals surface area contributed by atoms with Crippen molar-refractivity contribution in [1.29, 1.82) is 0 Å². The van der Waals surface area contributed by atoms with E-state index in [-0.39, 0.29) is 6.61 Å². The van der Waals surface area contributed by atoms with E-state index >= 15 is 0 Å². The quantitative estimate of drug-likeness (QED) is 0.517. The van der Waals surface area contributed by atoms with E-state index < -0.39 is 5.97 Å². The van der Waals surface area contributed by atoms with Crippen LogP contribution in [-0.4, -0.2) is 19.2 Å². The van der Waals surface area contributed by atoms with Gasteiger partial charge in [0, 0.05) is 0 Å². The van der Waals surface area contributed by atoms with Crippen molar-refractivity contribution in [3.8, 4) is 5.75 Å². The minimum absolute atomic E-state index is 0.161. The SMILES string of the molecule is Cc1ccc(C)c(OCCOC(=O)c2ccc(Cl)c(N)c2)c1. The number of nitrogen functional groups attached to an aromatic ring is 1. The highest BCUT2D eigenvalue weighted by Gasteiger charge is 2.09. The van der Waals surface area contributed by atoms with Gasteiger partial charge in [-0.2, -0.15) is 0 Å². The van der Waals surface area contributed by atoms with Gasteiger partial charge < -0.3 is 15.2 Å². The summed E-state index contributed by atoms with van der Waals surface area (Å²) < 4.78 is 10.8. The number of hydrogen-bond donors (Lipinski definition) is 1. The largest absolute Gasteiger partial charge is 0.490 e. The first kappa shape index (κ1) is 16.2. The van der Waals surface area contributed by atoms with Gasteiger partial charge in [-0.05, 0) is 49.2 Å². The Bertz CT molecular complexity index is 686. The maximum atomic E-state index is 11.9. The van der Waals surface area contributed by atoms with Gasteiger partial charge in [0.15, 0.2) is 0 Å². The van der Waals surface area contributed by atoms with Crippen LogP contribution >= 0.6 is 11.6 Å². The zero-order valence-electron chi connectivity index (χ0n) is 12.6. The molecular weight excluding hydrogens is 302 g/mol. The highest BCUT2D eigenvalue weighted by Crippen LogP contribution is 2.20. The summed E-state index contributed by atoms with van der Waals surface area (Å²) in [6.45, 7) is 4.42. The van der Waals surface area contributed by atoms with Crippen molar-refractivity contribution in [2.45, 2.75) is 13.8 Å². The van der Waals surface area contributed by atoms with Gasteiger partial charge in [-0.1, -0.05) is 23.7 Å². The first-order valence-electron chi connectivity index (χ1n) is 6.89. The lowest BCUT2D eigenvalue weighted by atomic mass is 10.1. The highest BCUT2D eigenvalue weighted by molar-refractivity contribution is 6.33. The van der Waals surface area contributed by atoms with Crippen LogP contribution in [0.3, 0.4) is 0 Å². The molecule has 0 aliphatic carbocycles. The fourth-order valence-electron chi connectivity index (χ4n) is 1.90. The highest BCUT2D eigenvalue weighted by atomic mass is 35.5. The van der Waals surface area contributed by atoms with E-state index in [4.69, 9.17) is 26.8 Å². The molecule has 0 fully saturated rings. The Balaban J connectivity index is 1.84. The van der Waals surface area contributed by atoms with Gasteiger partial charge in [-0.25, -0.2) is 4.79 Å². The van der Waals surface area contributed by atoms with Gasteiger partial charge in [-0.3, -0.25) is 0 Å². The molecule has 0 radical (unpaired) electrons. The normalized spacial score (nSPS) is 10.3. The molecule has 116 valence electrons. The monoisotopic (exact) mass is 319 g/mol. The standard InChI is InChI=1S/C17H18ClNO3/c1-11-3-4-12(2)16(9-11)21-7-8-22-17(20)13-5-6-14(18)15(19)10-13/h3-6,9-10H,7-8,19H2,1-2H3. The summed E-state index contributed by atoms with van der Waals surface area (Å²) in [6.07, 6.45) is 0. The molecule has 4 nitrogen and oxygen atoms in total. The molecule has 2 rings (SSSR count). The van der Waals surface area contributed by atoms with Crippen molar-refractivity contribution >= 4 is 23.3 Å². The molecule has 0 aromatic heterocycles. The maximum Gasteiger partial charge on any atom is 0.338 e. The zero-order valence-corrected chi connectivity index (χ0v) is 13.3. The van der Waals surface area contributed by atoms with E-state index in [9.17, 15) is 4.79 Å². The van der Waals surface area contributed by atoms with E-state index in [1.54, 1.807) is 12.1 Å². The van der Waals surface area contributed by atoms with Gasteiger partial charge in [0.05, 0.1) is 16.3 Å². The van der Waals surface area contributed by atoms with E-state index in [0.717, 1.165) is 16.9 Å². The molecule has 0 saturated carbocycles. The van der Waals surface area contributed by atoms with Crippen molar-refractivity contribution in [3.63, 3.8) is 0 Å². The number of anilines is 1. The van der Waals surface area contributed by atoms with Crippen LogP contribution in [0.1, 0.15) is 21.5 Å². The Morgan fingerprint density at radius 2 is 1.91 bits per heavy atom. The molecule has 0 heterocycles. The lowest BCUT2D eigenvalue weighted by Gasteiger charge is -2.10. The average Bonchev–Trinajstić information content (AvgIpc) is 2.49. The Hall–Kier alpha value is -2.20. The molecule has 0 saturated heterocycles. The molecule has 0 aliphatic rings. The van der Waals surface area contributed by atoms with Crippen LogP contribution in [0.25, 0.3) is 0 Å². The van der Waals surface area contributed by atoms with Crippen LogP contribution in [-0.2, 0) is 4.74 Å². The van der Waals surface area contributed by atoms with Crippen molar-refractivity contribution < 1.29 is 14.3 Å². The van der Waals surface area contributed by atoms with Crippen LogP contribution in [0, 0.1) is 13.8 Å². The molecule has 2 N–H and O–H groups in total. The van der Waals surface area contributed by atoms with Gasteiger partial charge in [0.1, 0.15) is 19.0 Å². The Morgan fingerprint density at radius 3 is 2.64 bits per heavy atom. The molecule has 0 amide bonds. The number of benzene rings is 2. The van der Waals surface area contributed by atoms with Crippen LogP contribution < -0.4 is 10.5 Å². The predicted molar refractivity (Wildman–Crippen MR) is 87.6 cm³/mol. The second kappa shape index (κ2) is 7.18. The second-order valence-electron chi connectivity index (χ2n) is 4.99. The Morgan fingerprint density at radius 1 is 1.14 bits per heavy atom. The number of aryl methyl sites for hydroxylation is 2. The number of hydrogen-bond acceptors (Lipinski definition) is 4. The number of nitrogens with two attached hydrogens (primary N) is 1. The van der Waals surface area contributed by atoms with Crippen molar-refractivity contribution in [3.05, 3.63) is 58.1 Å². The summed E-state index contributed by atoms with van der Waals surface area (Å²) in [5.74, 6) is 0.347. The summed E-state index contributed by atoms with van der Waals surface area (Å²) >= 11 is 5.81. The first-order valence-corrected chi connectivity index (χ1v) is 7.27. The number of esters is 1. The molecule has 0 atom stereocenters. The van der Waals surface area contributed by atoms with Gasteiger partial charge in [0.25, 0.3) is 0 Å². The number of carbonyl (C=O) groups is 1. The Labute approximate surface area is 134 Å². The lowest BCUT2D eigenvalue weighted by molar-refractivity contribution is 0.0450. The maximum absolute atomic E-state index is 11.9. The van der Waals surface area contributed by atoms with Crippen LogP contribution in [0.5, 0.6) is 5.75 Å². The van der Waals surface area contributed by atoms with Crippen molar-refractivity contribution in [2.75, 3.05) is 18.9 Å². The molecule has 2 aromatic carbocycles. The minimum atomic E-state index is -0.451. The van der Waals surface area contributed by atoms with Crippen molar-refractivity contribution in [1.82, 2.24) is 0 Å². The lowest BCUT2D eigenvalue weighted by Crippen LogP contribution is -2.13. The molecule has 0 unspecified atom stereocenters. The Kier molecular flexibility index (Phi) is 5.28. The molecule has 22 heavy (non-hydrogen) atoms. The van der Waals surface area contributed by atoms with Gasteiger partial charge in [-0.15, -0.1) is 0 Å². The number of carbonyl (C=O) groups excluding carboxylic acids is 1. The fourth-order valence-corrected chi connectivity index (χ4v) is 2.02. The summed E-state index contributed by atoms with van der Waals surface area (Å²) in [4.78, 5) is 11.9. The smallest absolute Gasteiger partial charge is 0.338 e. The molecule has 0 bridgehead atoms. The summed E-state index contributed by atoms with van der Waals surface area (Å²) in [7, 11) is 0. The summed E-state index contributed by atoms with van der Waals surface area (Å²) in [6, 6.07) is 10.6. The third-order valence-electron chi connectivity index (χ3n) is 3.15. The molecular formula is C17H18ClNO3. The number of ether oxygens (including phenoxy) is 2. The van der Waals surface area contributed by atoms with E-state index in [1.165, 1.54) is 6.07 Å². The first-order chi connectivity index (χ1) is 10.5. The molecule has 5 heteroatoms. The van der Waals surface area contributed by atoms with E-state index in [2.05, 4.69) is 0 Å². The molecule has 2 aromatic rings. The molecule has 0 spiro atoms. The minimum Gasteiger partial charge on any atom is -0.490 e. The summed E-state index contributed by atoms with van der Waals surface area (Å²) in [5.41, 5.74) is 8.54. The average molecular weight is 320 g/mol. The second-order valence-corrected chi connectivity index (χ2v) is 5.40. The van der Waals surface area contributed by atoms with Crippen molar-refractivity contribution in [2.24, 2.45) is 0 Å². The zero-order chi connectivity index (χ0) is 16.1. The van der Waals surface area contributed by atoms with Gasteiger partial charge >= 0.3 is 5.97 Å². The van der Waals surface area contributed by atoms with E-state index in [1.807, 2.05) is 32.0 Å². The number of halogens is 1. The van der Waals surface area contributed by atoms with E-state index in [0.29, 0.717) is 22.9 Å². The third-order valence-corrected chi connectivity index (χ3v) is 3.49. The van der Waals surface area contributed by atoms with Crippen LogP contribution in [0.2, 0.25) is 5.02 Å². The third kappa shape index (κ3) is 4.15.